The Bertz CT molecular complexity index is 580. The van der Waals surface area contributed by atoms with Crippen molar-refractivity contribution in [3.05, 3.63) is 39.9 Å². The van der Waals surface area contributed by atoms with E-state index in [0.717, 1.165) is 5.56 Å². The zero-order valence-electron chi connectivity index (χ0n) is 10.5. The molecule has 0 spiro atoms. The molecule has 2 rings (SSSR count). The van der Waals surface area contributed by atoms with Gasteiger partial charge in [0.15, 0.2) is 0 Å². The second-order valence-electron chi connectivity index (χ2n) is 4.81. The fraction of sp³-hybridized carbons (Fsp3) is 0.286. The lowest BCUT2D eigenvalue weighted by Crippen LogP contribution is -2.33. The fourth-order valence-electron chi connectivity index (χ4n) is 1.72. The van der Waals surface area contributed by atoms with Crippen LogP contribution in [0.15, 0.2) is 24.3 Å². The molecule has 1 aliphatic carbocycles. The van der Waals surface area contributed by atoms with Crippen molar-refractivity contribution in [2.45, 2.75) is 12.8 Å². The zero-order chi connectivity index (χ0) is 14.8. The first kappa shape index (κ1) is 14.9. The van der Waals surface area contributed by atoms with Gasteiger partial charge in [0.25, 0.3) is 0 Å². The third-order valence-electron chi connectivity index (χ3n) is 3.28. The van der Waals surface area contributed by atoms with Gasteiger partial charge in [0, 0.05) is 12.6 Å². The van der Waals surface area contributed by atoms with E-state index < -0.39 is 11.4 Å². The molecule has 0 aromatic heterocycles. The van der Waals surface area contributed by atoms with E-state index in [0.29, 0.717) is 22.9 Å². The number of hydrogen-bond donors (Lipinski definition) is 2. The summed E-state index contributed by atoms with van der Waals surface area (Å²) in [5.41, 5.74) is -0.0125. The number of carboxylic acids is 1. The zero-order valence-corrected chi connectivity index (χ0v) is 12.0. The number of rotatable bonds is 5. The average molecular weight is 314 g/mol. The standard InChI is InChI=1S/C14H13Cl2NO3/c15-10-3-1-9(7-11(10)16)2-4-12(18)17-8-14(5-6-14)13(19)20/h1-4,7H,5-6,8H2,(H,17,18)(H,19,20)/b4-2+. The molecule has 1 saturated carbocycles. The minimum absolute atomic E-state index is 0.160. The van der Waals surface area contributed by atoms with Gasteiger partial charge in [-0.05, 0) is 36.6 Å². The van der Waals surface area contributed by atoms with Crippen molar-refractivity contribution in [1.29, 1.82) is 0 Å². The first-order valence-electron chi connectivity index (χ1n) is 6.07. The van der Waals surface area contributed by atoms with Crippen LogP contribution in [0.3, 0.4) is 0 Å². The summed E-state index contributed by atoms with van der Waals surface area (Å²) < 4.78 is 0. The van der Waals surface area contributed by atoms with Gasteiger partial charge in [-0.1, -0.05) is 29.3 Å². The molecular weight excluding hydrogens is 301 g/mol. The Kier molecular flexibility index (Phi) is 4.35. The van der Waals surface area contributed by atoms with Crippen molar-refractivity contribution in [2.24, 2.45) is 5.41 Å². The predicted octanol–water partition coefficient (Wildman–Crippen LogP) is 2.99. The number of halogens is 2. The molecule has 1 amide bonds. The summed E-state index contributed by atoms with van der Waals surface area (Å²) in [5.74, 6) is -1.19. The quantitative estimate of drug-likeness (QED) is 0.821. The molecule has 1 aliphatic rings. The Morgan fingerprint density at radius 2 is 2.00 bits per heavy atom. The highest BCUT2D eigenvalue weighted by atomic mass is 35.5. The van der Waals surface area contributed by atoms with Gasteiger partial charge in [0.05, 0.1) is 15.5 Å². The van der Waals surface area contributed by atoms with Crippen LogP contribution >= 0.6 is 23.2 Å². The molecule has 0 aliphatic heterocycles. The Balaban J connectivity index is 1.89. The number of carbonyl (C=O) groups excluding carboxylic acids is 1. The molecule has 1 fully saturated rings. The van der Waals surface area contributed by atoms with Crippen LogP contribution in [-0.4, -0.2) is 23.5 Å². The topological polar surface area (TPSA) is 66.4 Å². The average Bonchev–Trinajstić information content (AvgIpc) is 3.19. The van der Waals surface area contributed by atoms with E-state index in [1.807, 2.05) is 0 Å². The third kappa shape index (κ3) is 3.52. The summed E-state index contributed by atoms with van der Waals surface area (Å²) in [4.78, 5) is 22.6. The van der Waals surface area contributed by atoms with E-state index in [2.05, 4.69) is 5.32 Å². The van der Waals surface area contributed by atoms with E-state index in [9.17, 15) is 9.59 Å². The normalized spacial score (nSPS) is 16.1. The summed E-state index contributed by atoms with van der Waals surface area (Å²) in [6.45, 7) is 0.160. The largest absolute Gasteiger partial charge is 0.481 e. The Morgan fingerprint density at radius 3 is 2.55 bits per heavy atom. The van der Waals surface area contributed by atoms with Gasteiger partial charge in [-0.2, -0.15) is 0 Å². The lowest BCUT2D eigenvalue weighted by molar-refractivity contribution is -0.143. The van der Waals surface area contributed by atoms with Gasteiger partial charge in [0.1, 0.15) is 0 Å². The van der Waals surface area contributed by atoms with Crippen molar-refractivity contribution >= 4 is 41.2 Å². The maximum Gasteiger partial charge on any atom is 0.311 e. The highest BCUT2D eigenvalue weighted by molar-refractivity contribution is 6.42. The first-order valence-corrected chi connectivity index (χ1v) is 6.83. The molecule has 0 heterocycles. The Morgan fingerprint density at radius 1 is 1.30 bits per heavy atom. The SMILES string of the molecule is O=C(/C=C/c1ccc(Cl)c(Cl)c1)NCC1(C(=O)O)CC1. The highest BCUT2D eigenvalue weighted by Gasteiger charge is 2.50. The van der Waals surface area contributed by atoms with Crippen molar-refractivity contribution in [1.82, 2.24) is 5.32 Å². The number of carboxylic acid groups (broad SMARTS) is 1. The van der Waals surface area contributed by atoms with Crippen molar-refractivity contribution in [3.8, 4) is 0 Å². The number of aliphatic carboxylic acids is 1. The smallest absolute Gasteiger partial charge is 0.311 e. The molecular formula is C14H13Cl2NO3. The van der Waals surface area contributed by atoms with Crippen LogP contribution in [0.5, 0.6) is 0 Å². The van der Waals surface area contributed by atoms with E-state index >= 15 is 0 Å². The lowest BCUT2D eigenvalue weighted by Gasteiger charge is -2.09. The van der Waals surface area contributed by atoms with Crippen molar-refractivity contribution in [2.75, 3.05) is 6.54 Å². The van der Waals surface area contributed by atoms with Crippen LogP contribution in [0.4, 0.5) is 0 Å². The summed E-state index contributed by atoms with van der Waals surface area (Å²) >= 11 is 11.7. The van der Waals surface area contributed by atoms with E-state index in [1.54, 1.807) is 24.3 Å². The molecule has 0 unspecified atom stereocenters. The lowest BCUT2D eigenvalue weighted by atomic mass is 10.1. The second kappa shape index (κ2) is 5.85. The molecule has 20 heavy (non-hydrogen) atoms. The Labute approximate surface area is 126 Å². The van der Waals surface area contributed by atoms with Crippen molar-refractivity contribution < 1.29 is 14.7 Å². The van der Waals surface area contributed by atoms with Crippen LogP contribution in [-0.2, 0) is 9.59 Å². The number of benzene rings is 1. The van der Waals surface area contributed by atoms with Gasteiger partial charge in [0.2, 0.25) is 5.91 Å². The molecule has 2 N–H and O–H groups in total. The van der Waals surface area contributed by atoms with E-state index in [1.165, 1.54) is 6.08 Å². The molecule has 0 bridgehead atoms. The molecule has 0 atom stereocenters. The number of nitrogens with one attached hydrogen (secondary N) is 1. The molecule has 4 nitrogen and oxygen atoms in total. The number of amides is 1. The fourth-order valence-corrected chi connectivity index (χ4v) is 2.03. The van der Waals surface area contributed by atoms with Crippen LogP contribution in [0.25, 0.3) is 6.08 Å². The summed E-state index contributed by atoms with van der Waals surface area (Å²) in [5, 5.41) is 12.4. The first-order chi connectivity index (χ1) is 9.43. The van der Waals surface area contributed by atoms with Gasteiger partial charge >= 0.3 is 5.97 Å². The molecule has 1 aromatic carbocycles. The van der Waals surface area contributed by atoms with Crippen molar-refractivity contribution in [3.63, 3.8) is 0 Å². The second-order valence-corrected chi connectivity index (χ2v) is 5.62. The van der Waals surface area contributed by atoms with Crippen LogP contribution in [0, 0.1) is 5.41 Å². The predicted molar refractivity (Wildman–Crippen MR) is 77.8 cm³/mol. The summed E-state index contributed by atoms with van der Waals surface area (Å²) in [6, 6.07) is 5.02. The maximum atomic E-state index is 11.6. The Hall–Kier alpha value is -1.52. The summed E-state index contributed by atoms with van der Waals surface area (Å²) in [7, 11) is 0. The van der Waals surface area contributed by atoms with Crippen LogP contribution in [0.2, 0.25) is 10.0 Å². The number of carbonyl (C=O) groups is 2. The third-order valence-corrected chi connectivity index (χ3v) is 4.02. The van der Waals surface area contributed by atoms with Gasteiger partial charge in [-0.3, -0.25) is 9.59 Å². The van der Waals surface area contributed by atoms with Crippen LogP contribution < -0.4 is 5.32 Å². The van der Waals surface area contributed by atoms with Gasteiger partial charge < -0.3 is 10.4 Å². The molecule has 1 aromatic rings. The minimum atomic E-state index is -0.855. The maximum absolute atomic E-state index is 11.6. The van der Waals surface area contributed by atoms with E-state index in [-0.39, 0.29) is 12.5 Å². The van der Waals surface area contributed by atoms with Crippen LogP contribution in [0.1, 0.15) is 18.4 Å². The molecule has 0 saturated heterocycles. The van der Waals surface area contributed by atoms with Gasteiger partial charge in [-0.25, -0.2) is 0 Å². The monoisotopic (exact) mass is 313 g/mol. The molecule has 6 heteroatoms. The summed E-state index contributed by atoms with van der Waals surface area (Å²) in [6.07, 6.45) is 4.16. The molecule has 0 radical (unpaired) electrons. The highest BCUT2D eigenvalue weighted by Crippen LogP contribution is 2.45. The molecule has 106 valence electrons. The van der Waals surface area contributed by atoms with E-state index in [4.69, 9.17) is 28.3 Å². The number of hydrogen-bond acceptors (Lipinski definition) is 2. The van der Waals surface area contributed by atoms with Gasteiger partial charge in [-0.15, -0.1) is 0 Å². The minimum Gasteiger partial charge on any atom is -0.481 e.